The Morgan fingerprint density at radius 3 is 2.69 bits per heavy atom. The van der Waals surface area contributed by atoms with Gasteiger partial charge in [-0.3, -0.25) is 4.79 Å². The van der Waals surface area contributed by atoms with Gasteiger partial charge in [0, 0.05) is 20.2 Å². The lowest BCUT2D eigenvalue weighted by molar-refractivity contribution is -0.131. The molecule has 1 aliphatic rings. The number of hydrogen-bond acceptors (Lipinski definition) is 4. The lowest BCUT2D eigenvalue weighted by atomic mass is 10.3. The fourth-order valence-electron chi connectivity index (χ4n) is 1.46. The summed E-state index contributed by atoms with van der Waals surface area (Å²) in [5.74, 6) is -0.140. The molecule has 76 valence electrons. The van der Waals surface area contributed by atoms with Gasteiger partial charge in [-0.2, -0.15) is 0 Å². The number of β-amino-alcohol motifs (C(OH)–C–C–N with tert-alkyl or cyclic N) is 1. The molecule has 1 fully saturated rings. The summed E-state index contributed by atoms with van der Waals surface area (Å²) in [5, 5.41) is 9.43. The van der Waals surface area contributed by atoms with E-state index in [0.29, 0.717) is 13.1 Å². The zero-order valence-corrected chi connectivity index (χ0v) is 7.93. The summed E-state index contributed by atoms with van der Waals surface area (Å²) in [4.78, 5) is 12.9. The second-order valence-corrected chi connectivity index (χ2v) is 3.37. The Labute approximate surface area is 77.5 Å². The van der Waals surface area contributed by atoms with Crippen LogP contribution < -0.4 is 5.73 Å². The van der Waals surface area contributed by atoms with Crippen LogP contribution in [0, 0.1) is 0 Å². The molecule has 5 heteroatoms. The highest BCUT2D eigenvalue weighted by molar-refractivity contribution is 5.81. The molecule has 0 unspecified atom stereocenters. The van der Waals surface area contributed by atoms with Crippen molar-refractivity contribution in [1.82, 2.24) is 4.90 Å². The van der Waals surface area contributed by atoms with Gasteiger partial charge in [0.05, 0.1) is 12.1 Å². The molecule has 3 N–H and O–H groups in total. The number of ether oxygens (including phenoxy) is 1. The van der Waals surface area contributed by atoms with E-state index in [1.807, 2.05) is 0 Å². The smallest absolute Gasteiger partial charge is 0.239 e. The molecular weight excluding hydrogens is 172 g/mol. The molecule has 1 heterocycles. The van der Waals surface area contributed by atoms with E-state index < -0.39 is 12.1 Å². The van der Waals surface area contributed by atoms with Crippen molar-refractivity contribution in [3.8, 4) is 0 Å². The number of likely N-dealkylation sites (tertiary alicyclic amines) is 1. The Bertz CT molecular complexity index is 196. The zero-order valence-electron chi connectivity index (χ0n) is 7.93. The SMILES string of the molecule is CO[C@@H]1CN(C(=O)[C@H](C)N)C[C@@H]1O. The maximum Gasteiger partial charge on any atom is 0.239 e. The van der Waals surface area contributed by atoms with Gasteiger partial charge >= 0.3 is 0 Å². The quantitative estimate of drug-likeness (QED) is 0.556. The standard InChI is InChI=1S/C8H16N2O3/c1-5(9)8(12)10-3-6(11)7(4-10)13-2/h5-7,11H,3-4,9H2,1-2H3/t5-,6-,7+/m0/s1. The number of carbonyl (C=O) groups is 1. The highest BCUT2D eigenvalue weighted by Gasteiger charge is 2.34. The van der Waals surface area contributed by atoms with E-state index >= 15 is 0 Å². The molecule has 1 amide bonds. The Kier molecular flexibility index (Phi) is 3.24. The number of nitrogens with zero attached hydrogens (tertiary/aromatic N) is 1. The van der Waals surface area contributed by atoms with Crippen molar-refractivity contribution in [2.24, 2.45) is 5.73 Å². The first-order valence-corrected chi connectivity index (χ1v) is 4.31. The minimum absolute atomic E-state index is 0.140. The van der Waals surface area contributed by atoms with E-state index in [-0.39, 0.29) is 12.0 Å². The van der Waals surface area contributed by atoms with Crippen LogP contribution >= 0.6 is 0 Å². The van der Waals surface area contributed by atoms with Crippen molar-refractivity contribution in [3.63, 3.8) is 0 Å². The first-order valence-electron chi connectivity index (χ1n) is 4.31. The van der Waals surface area contributed by atoms with E-state index in [1.165, 1.54) is 12.0 Å². The van der Waals surface area contributed by atoms with E-state index in [1.54, 1.807) is 6.92 Å². The molecule has 0 aromatic rings. The fourth-order valence-corrected chi connectivity index (χ4v) is 1.46. The summed E-state index contributed by atoms with van der Waals surface area (Å²) in [7, 11) is 1.52. The third-order valence-electron chi connectivity index (χ3n) is 2.24. The molecule has 0 aromatic carbocycles. The van der Waals surface area contributed by atoms with Gasteiger partial charge < -0.3 is 20.5 Å². The predicted octanol–water partition coefficient (Wildman–Crippen LogP) is -1.45. The number of nitrogens with two attached hydrogens (primary N) is 1. The van der Waals surface area contributed by atoms with Crippen molar-refractivity contribution < 1.29 is 14.6 Å². The fraction of sp³-hybridized carbons (Fsp3) is 0.875. The van der Waals surface area contributed by atoms with Crippen LogP contribution in [0.5, 0.6) is 0 Å². The van der Waals surface area contributed by atoms with E-state index in [0.717, 1.165) is 0 Å². The third-order valence-corrected chi connectivity index (χ3v) is 2.24. The van der Waals surface area contributed by atoms with Gasteiger partial charge in [0.1, 0.15) is 6.10 Å². The first-order chi connectivity index (χ1) is 6.06. The minimum Gasteiger partial charge on any atom is -0.388 e. The van der Waals surface area contributed by atoms with Gasteiger partial charge in [0.25, 0.3) is 0 Å². The van der Waals surface area contributed by atoms with Crippen LogP contribution in [0.1, 0.15) is 6.92 Å². The Morgan fingerprint density at radius 2 is 2.31 bits per heavy atom. The van der Waals surface area contributed by atoms with Gasteiger partial charge in [-0.05, 0) is 6.92 Å². The number of amides is 1. The molecule has 1 saturated heterocycles. The van der Waals surface area contributed by atoms with Gasteiger partial charge in [-0.15, -0.1) is 0 Å². The van der Waals surface area contributed by atoms with E-state index in [2.05, 4.69) is 0 Å². The molecule has 0 radical (unpaired) electrons. The maximum atomic E-state index is 11.4. The van der Waals surface area contributed by atoms with Crippen LogP contribution in [0.4, 0.5) is 0 Å². The second-order valence-electron chi connectivity index (χ2n) is 3.37. The zero-order chi connectivity index (χ0) is 10.0. The highest BCUT2D eigenvalue weighted by Crippen LogP contribution is 2.13. The summed E-state index contributed by atoms with van der Waals surface area (Å²) in [6.07, 6.45) is -0.865. The molecule has 0 aromatic heterocycles. The third kappa shape index (κ3) is 2.18. The average molecular weight is 188 g/mol. The lowest BCUT2D eigenvalue weighted by Gasteiger charge is -2.17. The molecule has 5 nitrogen and oxygen atoms in total. The number of carbonyl (C=O) groups excluding carboxylic acids is 1. The molecule has 1 rings (SSSR count). The minimum atomic E-state index is -0.590. The highest BCUT2D eigenvalue weighted by atomic mass is 16.5. The molecule has 1 aliphatic heterocycles. The molecule has 0 aliphatic carbocycles. The molecule has 0 saturated carbocycles. The summed E-state index contributed by atoms with van der Waals surface area (Å²) >= 11 is 0. The Balaban J connectivity index is 2.53. The van der Waals surface area contributed by atoms with Crippen molar-refractivity contribution in [1.29, 1.82) is 0 Å². The number of methoxy groups -OCH3 is 1. The van der Waals surface area contributed by atoms with Crippen molar-refractivity contribution in [2.75, 3.05) is 20.2 Å². The molecular formula is C8H16N2O3. The van der Waals surface area contributed by atoms with E-state index in [9.17, 15) is 9.90 Å². The van der Waals surface area contributed by atoms with Gasteiger partial charge in [0.15, 0.2) is 0 Å². The maximum absolute atomic E-state index is 11.4. The lowest BCUT2D eigenvalue weighted by Crippen LogP contribution is -2.41. The number of aliphatic hydroxyl groups is 1. The summed E-state index contributed by atoms with van der Waals surface area (Å²) in [6.45, 7) is 2.38. The Morgan fingerprint density at radius 1 is 1.69 bits per heavy atom. The van der Waals surface area contributed by atoms with Crippen molar-refractivity contribution >= 4 is 5.91 Å². The van der Waals surface area contributed by atoms with Crippen LogP contribution in [0.25, 0.3) is 0 Å². The van der Waals surface area contributed by atoms with Gasteiger partial charge in [-0.25, -0.2) is 0 Å². The van der Waals surface area contributed by atoms with Crippen LogP contribution in [0.2, 0.25) is 0 Å². The number of aliphatic hydroxyl groups excluding tert-OH is 1. The largest absolute Gasteiger partial charge is 0.388 e. The van der Waals surface area contributed by atoms with Crippen LogP contribution in [-0.4, -0.2) is 54.4 Å². The summed E-state index contributed by atoms with van der Waals surface area (Å²) < 4.78 is 5.00. The second kappa shape index (κ2) is 4.04. The topological polar surface area (TPSA) is 75.8 Å². The molecule has 13 heavy (non-hydrogen) atoms. The first kappa shape index (κ1) is 10.4. The number of hydrogen-bond donors (Lipinski definition) is 2. The predicted molar refractivity (Wildman–Crippen MR) is 47.0 cm³/mol. The summed E-state index contributed by atoms with van der Waals surface area (Å²) in [5.41, 5.74) is 5.43. The monoisotopic (exact) mass is 188 g/mol. The van der Waals surface area contributed by atoms with Crippen LogP contribution in [0.15, 0.2) is 0 Å². The molecule has 0 bridgehead atoms. The van der Waals surface area contributed by atoms with Crippen molar-refractivity contribution in [2.45, 2.75) is 25.2 Å². The van der Waals surface area contributed by atoms with Crippen molar-refractivity contribution in [3.05, 3.63) is 0 Å². The van der Waals surface area contributed by atoms with Gasteiger partial charge in [0.2, 0.25) is 5.91 Å². The molecule has 0 spiro atoms. The summed E-state index contributed by atoms with van der Waals surface area (Å²) in [6, 6.07) is -0.511. The Hall–Kier alpha value is -0.650. The molecule has 3 atom stereocenters. The normalized spacial score (nSPS) is 30.6. The van der Waals surface area contributed by atoms with Crippen LogP contribution in [0.3, 0.4) is 0 Å². The van der Waals surface area contributed by atoms with E-state index in [4.69, 9.17) is 10.5 Å². The van der Waals surface area contributed by atoms with Gasteiger partial charge in [-0.1, -0.05) is 0 Å². The average Bonchev–Trinajstić information content (AvgIpc) is 2.45. The number of rotatable bonds is 2. The van der Waals surface area contributed by atoms with Crippen LogP contribution in [-0.2, 0) is 9.53 Å².